The highest BCUT2D eigenvalue weighted by atomic mass is 79.9. The number of hydrogen-bond donors (Lipinski definition) is 1. The van der Waals surface area contributed by atoms with Gasteiger partial charge in [0.15, 0.2) is 0 Å². The molecule has 18 heavy (non-hydrogen) atoms. The standard InChI is InChI=1S/C14H22BrNO2/c1-4-6-17-13-9-14(18-7-5-2)12(15)8-11(13)10(3)16/h8-10H,4-7,16H2,1-3H3. The number of halogens is 1. The van der Waals surface area contributed by atoms with Gasteiger partial charge in [-0.3, -0.25) is 0 Å². The minimum Gasteiger partial charge on any atom is -0.493 e. The molecule has 0 saturated carbocycles. The lowest BCUT2D eigenvalue weighted by atomic mass is 10.1. The van der Waals surface area contributed by atoms with Crippen molar-refractivity contribution in [3.63, 3.8) is 0 Å². The Morgan fingerprint density at radius 2 is 1.67 bits per heavy atom. The monoisotopic (exact) mass is 315 g/mol. The van der Waals surface area contributed by atoms with Crippen LogP contribution in [0, 0.1) is 0 Å². The Bertz CT molecular complexity index is 380. The van der Waals surface area contributed by atoms with E-state index in [4.69, 9.17) is 15.2 Å². The predicted molar refractivity (Wildman–Crippen MR) is 78.3 cm³/mol. The van der Waals surface area contributed by atoms with Crippen molar-refractivity contribution in [2.75, 3.05) is 13.2 Å². The van der Waals surface area contributed by atoms with E-state index in [0.717, 1.165) is 34.4 Å². The Labute approximate surface area is 118 Å². The molecule has 0 aliphatic rings. The molecular weight excluding hydrogens is 294 g/mol. The Kier molecular flexibility index (Phi) is 6.50. The molecule has 1 rings (SSSR count). The lowest BCUT2D eigenvalue weighted by molar-refractivity contribution is 0.297. The van der Waals surface area contributed by atoms with Crippen molar-refractivity contribution in [1.29, 1.82) is 0 Å². The van der Waals surface area contributed by atoms with E-state index >= 15 is 0 Å². The van der Waals surface area contributed by atoms with Gasteiger partial charge in [-0.2, -0.15) is 0 Å². The van der Waals surface area contributed by atoms with Crippen LogP contribution in [0.1, 0.15) is 45.2 Å². The molecule has 0 aliphatic heterocycles. The van der Waals surface area contributed by atoms with E-state index in [1.807, 2.05) is 19.1 Å². The highest BCUT2D eigenvalue weighted by Crippen LogP contribution is 2.35. The van der Waals surface area contributed by atoms with Gasteiger partial charge in [0.25, 0.3) is 0 Å². The van der Waals surface area contributed by atoms with E-state index in [0.29, 0.717) is 13.2 Å². The first-order chi connectivity index (χ1) is 8.60. The molecule has 0 heterocycles. The van der Waals surface area contributed by atoms with Crippen molar-refractivity contribution in [2.45, 2.75) is 39.7 Å². The van der Waals surface area contributed by atoms with Crippen molar-refractivity contribution < 1.29 is 9.47 Å². The van der Waals surface area contributed by atoms with Crippen LogP contribution in [0.4, 0.5) is 0 Å². The van der Waals surface area contributed by atoms with Gasteiger partial charge in [0.05, 0.1) is 17.7 Å². The van der Waals surface area contributed by atoms with Crippen LogP contribution in [-0.2, 0) is 0 Å². The summed E-state index contributed by atoms with van der Waals surface area (Å²) >= 11 is 3.51. The Morgan fingerprint density at radius 3 is 2.17 bits per heavy atom. The van der Waals surface area contributed by atoms with Crippen LogP contribution < -0.4 is 15.2 Å². The van der Waals surface area contributed by atoms with Gasteiger partial charge in [0, 0.05) is 17.7 Å². The van der Waals surface area contributed by atoms with Crippen LogP contribution in [0.15, 0.2) is 16.6 Å². The summed E-state index contributed by atoms with van der Waals surface area (Å²) in [4.78, 5) is 0. The van der Waals surface area contributed by atoms with E-state index < -0.39 is 0 Å². The Morgan fingerprint density at radius 1 is 1.11 bits per heavy atom. The summed E-state index contributed by atoms with van der Waals surface area (Å²) in [6, 6.07) is 3.85. The fourth-order valence-corrected chi connectivity index (χ4v) is 2.04. The zero-order valence-corrected chi connectivity index (χ0v) is 12.9. The van der Waals surface area contributed by atoms with Crippen LogP contribution in [0.3, 0.4) is 0 Å². The fraction of sp³-hybridized carbons (Fsp3) is 0.571. The maximum atomic E-state index is 5.96. The average Bonchev–Trinajstić information content (AvgIpc) is 2.35. The third-order valence-electron chi connectivity index (χ3n) is 2.48. The van der Waals surface area contributed by atoms with Crippen LogP contribution >= 0.6 is 15.9 Å². The van der Waals surface area contributed by atoms with Crippen LogP contribution in [0.5, 0.6) is 11.5 Å². The first-order valence-electron chi connectivity index (χ1n) is 6.44. The Hall–Kier alpha value is -0.740. The van der Waals surface area contributed by atoms with E-state index in [9.17, 15) is 0 Å². The van der Waals surface area contributed by atoms with Crippen molar-refractivity contribution >= 4 is 15.9 Å². The highest BCUT2D eigenvalue weighted by molar-refractivity contribution is 9.10. The number of hydrogen-bond acceptors (Lipinski definition) is 3. The summed E-state index contributed by atoms with van der Waals surface area (Å²) in [5.41, 5.74) is 6.96. The van der Waals surface area contributed by atoms with Crippen molar-refractivity contribution in [2.24, 2.45) is 5.73 Å². The van der Waals surface area contributed by atoms with Gasteiger partial charge < -0.3 is 15.2 Å². The van der Waals surface area contributed by atoms with Crippen LogP contribution in [-0.4, -0.2) is 13.2 Å². The predicted octanol–water partition coefficient (Wildman–Crippen LogP) is 4.05. The number of benzene rings is 1. The molecule has 0 aromatic heterocycles. The second-order valence-electron chi connectivity index (χ2n) is 4.31. The number of ether oxygens (including phenoxy) is 2. The molecule has 0 bridgehead atoms. The van der Waals surface area contributed by atoms with Gasteiger partial charge in [0.2, 0.25) is 0 Å². The van der Waals surface area contributed by atoms with E-state index in [1.165, 1.54) is 0 Å². The van der Waals surface area contributed by atoms with Gasteiger partial charge in [-0.25, -0.2) is 0 Å². The molecule has 4 heteroatoms. The molecule has 2 N–H and O–H groups in total. The summed E-state index contributed by atoms with van der Waals surface area (Å²) in [6.07, 6.45) is 1.95. The second kappa shape index (κ2) is 7.64. The minimum absolute atomic E-state index is 0.0617. The molecule has 0 radical (unpaired) electrons. The van der Waals surface area contributed by atoms with Crippen LogP contribution in [0.25, 0.3) is 0 Å². The molecule has 102 valence electrons. The molecular formula is C14H22BrNO2. The van der Waals surface area contributed by atoms with E-state index in [-0.39, 0.29) is 6.04 Å². The normalized spacial score (nSPS) is 12.3. The van der Waals surface area contributed by atoms with Gasteiger partial charge in [-0.15, -0.1) is 0 Å². The van der Waals surface area contributed by atoms with Crippen molar-refractivity contribution in [3.05, 3.63) is 22.2 Å². The molecule has 1 atom stereocenters. The SMILES string of the molecule is CCCOc1cc(OCCC)c(C(C)N)cc1Br. The van der Waals surface area contributed by atoms with E-state index in [1.54, 1.807) is 0 Å². The first-order valence-corrected chi connectivity index (χ1v) is 7.24. The zero-order valence-electron chi connectivity index (χ0n) is 11.3. The quantitative estimate of drug-likeness (QED) is 0.825. The van der Waals surface area contributed by atoms with E-state index in [2.05, 4.69) is 29.8 Å². The maximum Gasteiger partial charge on any atom is 0.137 e. The number of rotatable bonds is 7. The summed E-state index contributed by atoms with van der Waals surface area (Å²) < 4.78 is 12.3. The zero-order chi connectivity index (χ0) is 13.5. The third kappa shape index (κ3) is 4.18. The van der Waals surface area contributed by atoms with Crippen LogP contribution in [0.2, 0.25) is 0 Å². The summed E-state index contributed by atoms with van der Waals surface area (Å²) in [7, 11) is 0. The first kappa shape index (κ1) is 15.3. The topological polar surface area (TPSA) is 44.5 Å². The minimum atomic E-state index is -0.0617. The van der Waals surface area contributed by atoms with Gasteiger partial charge in [0.1, 0.15) is 11.5 Å². The average molecular weight is 316 g/mol. The maximum absolute atomic E-state index is 5.96. The molecule has 0 fully saturated rings. The fourth-order valence-electron chi connectivity index (χ4n) is 1.57. The highest BCUT2D eigenvalue weighted by Gasteiger charge is 2.13. The molecule has 1 unspecified atom stereocenters. The van der Waals surface area contributed by atoms with Gasteiger partial charge in [-0.1, -0.05) is 13.8 Å². The second-order valence-corrected chi connectivity index (χ2v) is 5.16. The molecule has 0 amide bonds. The lowest BCUT2D eigenvalue weighted by Gasteiger charge is -2.17. The summed E-state index contributed by atoms with van der Waals surface area (Å²) in [5.74, 6) is 1.63. The van der Waals surface area contributed by atoms with Gasteiger partial charge in [-0.05, 0) is 41.8 Å². The molecule has 3 nitrogen and oxygen atoms in total. The molecule has 0 aliphatic carbocycles. The van der Waals surface area contributed by atoms with Gasteiger partial charge >= 0.3 is 0 Å². The smallest absolute Gasteiger partial charge is 0.137 e. The molecule has 0 spiro atoms. The third-order valence-corrected chi connectivity index (χ3v) is 3.10. The molecule has 0 saturated heterocycles. The van der Waals surface area contributed by atoms with Crippen molar-refractivity contribution in [3.8, 4) is 11.5 Å². The molecule has 1 aromatic rings. The lowest BCUT2D eigenvalue weighted by Crippen LogP contribution is -2.09. The summed E-state index contributed by atoms with van der Waals surface area (Å²) in [6.45, 7) is 7.50. The largest absolute Gasteiger partial charge is 0.493 e. The molecule has 1 aromatic carbocycles. The Balaban J connectivity index is 3.01. The summed E-state index contributed by atoms with van der Waals surface area (Å²) in [5, 5.41) is 0. The number of nitrogens with two attached hydrogens (primary N) is 1. The van der Waals surface area contributed by atoms with Crippen molar-refractivity contribution in [1.82, 2.24) is 0 Å².